The number of nitriles is 2. The van der Waals surface area contributed by atoms with Gasteiger partial charge in [-0.2, -0.15) is 10.5 Å². The maximum Gasteiger partial charge on any atom is 0.348 e. The van der Waals surface area contributed by atoms with Gasteiger partial charge < -0.3 is 9.72 Å². The number of aromatic nitrogens is 1. The molecule has 4 rings (SSSR count). The number of Topliss-reactive ketones (excluding diaryl/α,β-unsaturated/α-hetero) is 1. The number of aromatic amines is 1. The van der Waals surface area contributed by atoms with E-state index in [2.05, 4.69) is 23.2 Å². The smallest absolute Gasteiger partial charge is 0.348 e. The molecule has 0 aliphatic heterocycles. The number of nitrogens with one attached hydrogen (secondary N) is 1. The Labute approximate surface area is 219 Å². The Kier molecular flexibility index (Phi) is 7.38. The third-order valence-electron chi connectivity index (χ3n) is 6.17. The number of nitrogens with zero attached hydrogens (tertiary/aromatic N) is 2. The maximum atomic E-state index is 13.4. The Bertz CT molecular complexity index is 1640. The number of benzene rings is 2. The van der Waals surface area contributed by atoms with Crippen molar-refractivity contribution in [3.8, 4) is 23.4 Å². The third-order valence-corrected chi connectivity index (χ3v) is 7.45. The molecule has 1 N–H and O–H groups in total. The van der Waals surface area contributed by atoms with Gasteiger partial charge in [0.15, 0.2) is 5.78 Å². The molecule has 4 aromatic rings. The summed E-state index contributed by atoms with van der Waals surface area (Å²) in [6.45, 7) is 7.61. The number of thiophene rings is 1. The van der Waals surface area contributed by atoms with E-state index in [1.165, 1.54) is 0 Å². The number of ether oxygens (including phenoxy) is 1. The molecule has 37 heavy (non-hydrogen) atoms. The number of esters is 1. The van der Waals surface area contributed by atoms with Crippen LogP contribution >= 0.6 is 11.3 Å². The Morgan fingerprint density at radius 3 is 2.49 bits per heavy atom. The Morgan fingerprint density at radius 1 is 1.11 bits per heavy atom. The number of allylic oxidation sites excluding steroid dienone is 1. The van der Waals surface area contributed by atoms with E-state index in [4.69, 9.17) is 4.74 Å². The number of carbonyl (C=O) groups is 2. The minimum Gasteiger partial charge on any atom is -0.462 e. The van der Waals surface area contributed by atoms with Crippen molar-refractivity contribution in [3.63, 3.8) is 0 Å². The number of carbonyl (C=O) groups excluding carboxylic acids is 2. The molecule has 0 fully saturated rings. The molecule has 0 aliphatic carbocycles. The van der Waals surface area contributed by atoms with Crippen LogP contribution in [0.4, 0.5) is 0 Å². The van der Waals surface area contributed by atoms with Gasteiger partial charge in [-0.05, 0) is 56.5 Å². The molecule has 0 amide bonds. The van der Waals surface area contributed by atoms with Crippen molar-refractivity contribution in [3.05, 3.63) is 85.6 Å². The molecule has 0 atom stereocenters. The average molecular weight is 508 g/mol. The topological polar surface area (TPSA) is 107 Å². The van der Waals surface area contributed by atoms with E-state index in [1.54, 1.807) is 19.9 Å². The summed E-state index contributed by atoms with van der Waals surface area (Å²) in [4.78, 5) is 29.9. The summed E-state index contributed by atoms with van der Waals surface area (Å²) in [6, 6.07) is 18.0. The van der Waals surface area contributed by atoms with Crippen LogP contribution in [0.2, 0.25) is 0 Å². The predicted molar refractivity (Wildman–Crippen MR) is 145 cm³/mol. The quantitative estimate of drug-likeness (QED) is 0.173. The van der Waals surface area contributed by atoms with Crippen LogP contribution in [-0.4, -0.2) is 23.3 Å². The average Bonchev–Trinajstić information content (AvgIpc) is 3.40. The molecular formula is C30H25N3O3S. The molecule has 0 bridgehead atoms. The van der Waals surface area contributed by atoms with Crippen LogP contribution in [0.5, 0.6) is 0 Å². The van der Waals surface area contributed by atoms with Crippen LogP contribution in [-0.2, 0) is 16.0 Å². The first kappa shape index (κ1) is 25.6. The van der Waals surface area contributed by atoms with Crippen LogP contribution < -0.4 is 0 Å². The first-order valence-electron chi connectivity index (χ1n) is 11.8. The number of ketones is 1. The van der Waals surface area contributed by atoms with Gasteiger partial charge in [-0.15, -0.1) is 11.3 Å². The minimum atomic E-state index is -0.520. The van der Waals surface area contributed by atoms with Gasteiger partial charge in [0.25, 0.3) is 0 Å². The van der Waals surface area contributed by atoms with Crippen molar-refractivity contribution < 1.29 is 14.3 Å². The summed E-state index contributed by atoms with van der Waals surface area (Å²) in [5.41, 5.74) is 6.34. The van der Waals surface area contributed by atoms with Crippen molar-refractivity contribution in [1.29, 1.82) is 10.5 Å². The zero-order valence-electron chi connectivity index (χ0n) is 21.1. The summed E-state index contributed by atoms with van der Waals surface area (Å²) in [5, 5.41) is 20.6. The molecule has 6 nitrogen and oxygen atoms in total. The molecule has 0 aliphatic rings. The van der Waals surface area contributed by atoms with Gasteiger partial charge in [-0.25, -0.2) is 4.79 Å². The largest absolute Gasteiger partial charge is 0.462 e. The van der Waals surface area contributed by atoms with Crippen LogP contribution in [0.25, 0.3) is 28.2 Å². The van der Waals surface area contributed by atoms with Gasteiger partial charge in [0.05, 0.1) is 23.4 Å². The normalized spacial score (nSPS) is 11.2. The lowest BCUT2D eigenvalue weighted by Crippen LogP contribution is -2.05. The molecule has 0 saturated heterocycles. The molecule has 7 heteroatoms. The van der Waals surface area contributed by atoms with E-state index in [0.29, 0.717) is 15.3 Å². The second-order valence-electron chi connectivity index (χ2n) is 8.74. The van der Waals surface area contributed by atoms with E-state index in [1.807, 2.05) is 50.2 Å². The summed E-state index contributed by atoms with van der Waals surface area (Å²) in [7, 11) is 0. The summed E-state index contributed by atoms with van der Waals surface area (Å²) in [5.74, 6) is -0.943. The molecule has 0 unspecified atom stereocenters. The summed E-state index contributed by atoms with van der Waals surface area (Å²) < 4.78 is 5.09. The molecule has 0 saturated carbocycles. The third kappa shape index (κ3) is 4.95. The van der Waals surface area contributed by atoms with E-state index in [0.717, 1.165) is 50.2 Å². The SMILES string of the molecule is CCOC(=O)c1sc(CC(=O)/C(C#N)=C/c2c(-c3ccccc3)[nH]c3c(C)cc(C)cc23)c(C#N)c1C. The van der Waals surface area contributed by atoms with E-state index < -0.39 is 11.8 Å². The van der Waals surface area contributed by atoms with Gasteiger partial charge >= 0.3 is 5.97 Å². The number of hydrogen-bond acceptors (Lipinski definition) is 6. The Hall–Kier alpha value is -4.46. The zero-order valence-corrected chi connectivity index (χ0v) is 21.9. The first-order valence-corrected chi connectivity index (χ1v) is 12.6. The molecule has 2 aromatic carbocycles. The fourth-order valence-electron chi connectivity index (χ4n) is 4.45. The standard InChI is InChI=1S/C30H25N3O3S/c1-5-36-30(35)29-19(4)24(16-32)26(37-29)14-25(34)21(15-31)13-23-22-12-17(2)11-18(3)27(22)33-28(23)20-9-7-6-8-10-20/h6-13,33H,5,14H2,1-4H3/b21-13+. The first-order chi connectivity index (χ1) is 17.8. The maximum absolute atomic E-state index is 13.4. The fraction of sp³-hybridized carbons (Fsp3) is 0.200. The van der Waals surface area contributed by atoms with Gasteiger partial charge in [-0.3, -0.25) is 4.79 Å². The molecule has 2 aromatic heterocycles. The molecule has 2 heterocycles. The lowest BCUT2D eigenvalue weighted by molar-refractivity contribution is -0.114. The zero-order chi connectivity index (χ0) is 26.7. The number of fused-ring (bicyclic) bond motifs is 1. The lowest BCUT2D eigenvalue weighted by atomic mass is 9.98. The van der Waals surface area contributed by atoms with Gasteiger partial charge in [0, 0.05) is 27.8 Å². The highest BCUT2D eigenvalue weighted by Gasteiger charge is 2.24. The van der Waals surface area contributed by atoms with Gasteiger partial charge in [0.2, 0.25) is 0 Å². The highest BCUT2D eigenvalue weighted by Crippen LogP contribution is 2.35. The highest BCUT2D eigenvalue weighted by molar-refractivity contribution is 7.14. The van der Waals surface area contributed by atoms with Crippen molar-refractivity contribution in [1.82, 2.24) is 4.98 Å². The fourth-order valence-corrected chi connectivity index (χ4v) is 5.60. The molecule has 0 spiro atoms. The number of hydrogen-bond donors (Lipinski definition) is 1. The highest BCUT2D eigenvalue weighted by atomic mass is 32.1. The predicted octanol–water partition coefficient (Wildman–Crippen LogP) is 6.59. The minimum absolute atomic E-state index is 0.0233. The summed E-state index contributed by atoms with van der Waals surface area (Å²) in [6.07, 6.45) is 1.47. The van der Waals surface area contributed by atoms with Crippen LogP contribution in [0.15, 0.2) is 48.0 Å². The van der Waals surface area contributed by atoms with Crippen molar-refractivity contribution in [2.75, 3.05) is 6.61 Å². The summed E-state index contributed by atoms with van der Waals surface area (Å²) >= 11 is 1.07. The van der Waals surface area contributed by atoms with E-state index in [-0.39, 0.29) is 24.2 Å². The van der Waals surface area contributed by atoms with Crippen LogP contribution in [0.3, 0.4) is 0 Å². The number of aryl methyl sites for hydroxylation is 2. The lowest BCUT2D eigenvalue weighted by Gasteiger charge is -2.04. The van der Waals surface area contributed by atoms with Crippen molar-refractivity contribution >= 4 is 40.1 Å². The Balaban J connectivity index is 1.81. The van der Waals surface area contributed by atoms with Gasteiger partial charge in [0.1, 0.15) is 17.0 Å². The Morgan fingerprint density at radius 2 is 1.84 bits per heavy atom. The molecule has 184 valence electrons. The monoisotopic (exact) mass is 507 g/mol. The second kappa shape index (κ2) is 10.7. The molecule has 0 radical (unpaired) electrons. The van der Waals surface area contributed by atoms with E-state index >= 15 is 0 Å². The van der Waals surface area contributed by atoms with Crippen molar-refractivity contribution in [2.45, 2.75) is 34.1 Å². The van der Waals surface area contributed by atoms with Crippen LogP contribution in [0, 0.1) is 43.4 Å². The van der Waals surface area contributed by atoms with Crippen molar-refractivity contribution in [2.24, 2.45) is 0 Å². The van der Waals surface area contributed by atoms with Crippen LogP contribution in [0.1, 0.15) is 49.3 Å². The van der Waals surface area contributed by atoms with E-state index in [9.17, 15) is 20.1 Å². The number of rotatable bonds is 7. The second-order valence-corrected chi connectivity index (χ2v) is 9.85. The number of H-pyrrole nitrogens is 1. The van der Waals surface area contributed by atoms with Gasteiger partial charge in [-0.1, -0.05) is 42.0 Å². The molecular weight excluding hydrogens is 482 g/mol.